The van der Waals surface area contributed by atoms with E-state index in [9.17, 15) is 24.0 Å². The van der Waals surface area contributed by atoms with Gasteiger partial charge in [0.2, 0.25) is 17.5 Å². The lowest BCUT2D eigenvalue weighted by Crippen LogP contribution is -2.63. The van der Waals surface area contributed by atoms with Crippen molar-refractivity contribution in [3.63, 3.8) is 0 Å². The molecule has 5 fully saturated rings. The van der Waals surface area contributed by atoms with E-state index >= 15 is 0 Å². The third-order valence-electron chi connectivity index (χ3n) is 12.6. The molecule has 1 atom stereocenters. The van der Waals surface area contributed by atoms with Gasteiger partial charge in [0.05, 0.1) is 27.6 Å². The Hall–Kier alpha value is -4.97. The van der Waals surface area contributed by atoms with Crippen LogP contribution in [-0.2, 0) is 9.59 Å². The minimum atomic E-state index is -0.974. The van der Waals surface area contributed by atoms with Crippen molar-refractivity contribution >= 4 is 74.5 Å². The highest BCUT2D eigenvalue weighted by Gasteiger charge is 2.46. The summed E-state index contributed by atoms with van der Waals surface area (Å²) in [5.41, 5.74) is 3.20. The van der Waals surface area contributed by atoms with Crippen LogP contribution < -0.4 is 20.0 Å². The van der Waals surface area contributed by atoms with Gasteiger partial charge in [-0.25, -0.2) is 4.85 Å². The first kappa shape index (κ1) is 35.7. The largest absolute Gasteiger partial charge is 0.371 e. The molecular weight excluding hydrogens is 740 g/mol. The average molecular weight is 781 g/mol. The molecule has 1 N–H and O–H groups in total. The fraction of sp³-hybridized carbons (Fsp3) is 0.450. The number of thiophene rings is 1. The molecule has 6 aliphatic rings. The number of anilines is 3. The van der Waals surface area contributed by atoms with E-state index in [-0.39, 0.29) is 24.2 Å². The maximum atomic E-state index is 13.6. The number of nitrogens with one attached hydrogen (secondary N) is 1. The molecule has 0 radical (unpaired) electrons. The molecule has 7 heterocycles. The van der Waals surface area contributed by atoms with Gasteiger partial charge < -0.3 is 19.6 Å². The van der Waals surface area contributed by atoms with E-state index < -0.39 is 29.7 Å². The molecule has 0 aliphatic carbocycles. The van der Waals surface area contributed by atoms with E-state index in [0.29, 0.717) is 27.9 Å². The molecule has 5 saturated heterocycles. The number of piperidine rings is 2. The smallest absolute Gasteiger partial charge is 0.263 e. The highest BCUT2D eigenvalue weighted by atomic mass is 35.5. The number of likely N-dealkylation sites (tertiary alicyclic amines) is 1. The zero-order valence-electron chi connectivity index (χ0n) is 30.3. The summed E-state index contributed by atoms with van der Waals surface area (Å²) in [7, 11) is 0. The summed E-state index contributed by atoms with van der Waals surface area (Å²) in [5, 5.41) is 3.86. The van der Waals surface area contributed by atoms with E-state index in [1.54, 1.807) is 29.5 Å². The van der Waals surface area contributed by atoms with Crippen molar-refractivity contribution in [3.8, 4) is 0 Å². The van der Waals surface area contributed by atoms with Crippen LogP contribution in [0.15, 0.2) is 48.5 Å². The fourth-order valence-electron chi connectivity index (χ4n) is 9.16. The summed E-state index contributed by atoms with van der Waals surface area (Å²) in [6, 6.07) is 14.5. The predicted molar refractivity (Wildman–Crippen MR) is 209 cm³/mol. The molecule has 6 aliphatic heterocycles. The van der Waals surface area contributed by atoms with Crippen LogP contribution in [0.1, 0.15) is 62.5 Å². The number of amides is 5. The number of fused-ring (bicyclic) bond motifs is 1. The summed E-state index contributed by atoms with van der Waals surface area (Å²) in [6.07, 6.45) is 3.28. The van der Waals surface area contributed by atoms with Crippen LogP contribution in [0.2, 0.25) is 5.02 Å². The van der Waals surface area contributed by atoms with Crippen LogP contribution in [0, 0.1) is 12.0 Å². The van der Waals surface area contributed by atoms with Gasteiger partial charge in [-0.3, -0.25) is 39.1 Å². The molecule has 3 aromatic rings. The van der Waals surface area contributed by atoms with E-state index in [1.165, 1.54) is 0 Å². The lowest BCUT2D eigenvalue weighted by molar-refractivity contribution is -0.136. The summed E-state index contributed by atoms with van der Waals surface area (Å²) >= 11 is 7.91. The molecular formula is C40H41ClN8O5S. The van der Waals surface area contributed by atoms with Crippen LogP contribution in [0.3, 0.4) is 0 Å². The van der Waals surface area contributed by atoms with Gasteiger partial charge in [0, 0.05) is 94.3 Å². The van der Waals surface area contributed by atoms with Crippen molar-refractivity contribution in [3.05, 3.63) is 81.0 Å². The van der Waals surface area contributed by atoms with E-state index in [1.807, 2.05) is 29.2 Å². The van der Waals surface area contributed by atoms with Gasteiger partial charge in [-0.15, -0.1) is 11.3 Å². The lowest BCUT2D eigenvalue weighted by Gasteiger charge is -2.49. The molecule has 1 spiro atoms. The van der Waals surface area contributed by atoms with Gasteiger partial charge in [-0.05, 0) is 73.6 Å². The normalized spacial score (nSPS) is 23.0. The Labute approximate surface area is 328 Å². The predicted octanol–water partition coefficient (Wildman–Crippen LogP) is 4.50. The number of piperazine rings is 1. The van der Waals surface area contributed by atoms with E-state index in [0.717, 1.165) is 111 Å². The second-order valence-corrected chi connectivity index (χ2v) is 17.1. The minimum absolute atomic E-state index is 0.0910. The Morgan fingerprint density at radius 1 is 0.818 bits per heavy atom. The monoisotopic (exact) mass is 780 g/mol. The zero-order chi connectivity index (χ0) is 38.0. The summed E-state index contributed by atoms with van der Waals surface area (Å²) in [4.78, 5) is 80.8. The van der Waals surface area contributed by atoms with Crippen molar-refractivity contribution in [2.75, 3.05) is 80.1 Å². The second kappa shape index (κ2) is 14.0. The first-order valence-corrected chi connectivity index (χ1v) is 20.2. The molecule has 1 aromatic heterocycles. The molecule has 9 rings (SSSR count). The zero-order valence-corrected chi connectivity index (χ0v) is 31.9. The standard InChI is InChI=1S/C40H41ClN8O5S/c1-42-31-5-3-26(21-30(31)41)47-15-12-40(24-47)10-13-46(14-11-40)39(54)33-7-9-35(55-33)45-18-16-44(17-19-45)27-22-48(23-27)25-2-4-28-29(20-25)38(53)49(37(28)52)32-6-8-34(50)43-36(32)51/h2-5,7,9,20-21,27,32H,6,8,10-19,22-24H2,(H,43,50,51). The maximum Gasteiger partial charge on any atom is 0.263 e. The maximum absolute atomic E-state index is 13.6. The Balaban J connectivity index is 0.742. The molecule has 284 valence electrons. The number of carbonyl (C=O) groups is 5. The molecule has 15 heteroatoms. The van der Waals surface area contributed by atoms with Crippen LogP contribution in [-0.4, -0.2) is 122 Å². The molecule has 55 heavy (non-hydrogen) atoms. The number of benzene rings is 2. The third kappa shape index (κ3) is 6.41. The van der Waals surface area contributed by atoms with Crippen molar-refractivity contribution in [2.24, 2.45) is 5.41 Å². The molecule has 5 amide bonds. The summed E-state index contributed by atoms with van der Waals surface area (Å²) in [5.74, 6) is -1.86. The van der Waals surface area contributed by atoms with Crippen LogP contribution in [0.25, 0.3) is 4.85 Å². The van der Waals surface area contributed by atoms with Gasteiger partial charge in [0.15, 0.2) is 0 Å². The highest BCUT2D eigenvalue weighted by Crippen LogP contribution is 2.43. The minimum Gasteiger partial charge on any atom is -0.371 e. The van der Waals surface area contributed by atoms with Gasteiger partial charge >= 0.3 is 0 Å². The van der Waals surface area contributed by atoms with Gasteiger partial charge in [0.1, 0.15) is 6.04 Å². The topological polar surface area (TPSA) is 121 Å². The Bertz CT molecular complexity index is 2150. The second-order valence-electron chi connectivity index (χ2n) is 15.6. The summed E-state index contributed by atoms with van der Waals surface area (Å²) < 4.78 is 0. The molecule has 13 nitrogen and oxygen atoms in total. The van der Waals surface area contributed by atoms with Crippen LogP contribution >= 0.6 is 22.9 Å². The first-order chi connectivity index (χ1) is 26.6. The van der Waals surface area contributed by atoms with Gasteiger partial charge in [0.25, 0.3) is 17.7 Å². The van der Waals surface area contributed by atoms with Crippen LogP contribution in [0.5, 0.6) is 0 Å². The molecule has 2 aromatic carbocycles. The Kier molecular flexibility index (Phi) is 9.06. The lowest BCUT2D eigenvalue weighted by atomic mass is 9.77. The number of rotatable bonds is 6. The quantitative estimate of drug-likeness (QED) is 0.285. The van der Waals surface area contributed by atoms with Crippen molar-refractivity contribution < 1.29 is 24.0 Å². The SMILES string of the molecule is [C-]#[N+]c1ccc(N2CCC3(CCN(C(=O)c4ccc(N5CCN(C6CN(c7ccc8c(c7)C(=O)N(C7CCC(=O)NC7=O)C8=O)C6)CC5)s4)CC3)C2)cc1Cl. The van der Waals surface area contributed by atoms with Crippen LogP contribution in [0.4, 0.5) is 22.1 Å². The first-order valence-electron chi connectivity index (χ1n) is 19.0. The van der Waals surface area contributed by atoms with Gasteiger partial charge in [-0.2, -0.15) is 0 Å². The molecule has 1 unspecified atom stereocenters. The van der Waals surface area contributed by atoms with Crippen molar-refractivity contribution in [1.29, 1.82) is 0 Å². The Morgan fingerprint density at radius 2 is 1.53 bits per heavy atom. The highest BCUT2D eigenvalue weighted by molar-refractivity contribution is 7.18. The van der Waals surface area contributed by atoms with Crippen molar-refractivity contribution in [2.45, 2.75) is 44.2 Å². The summed E-state index contributed by atoms with van der Waals surface area (Å²) in [6.45, 7) is 15.9. The number of nitrogens with zero attached hydrogens (tertiary/aromatic N) is 7. The number of imide groups is 2. The third-order valence-corrected chi connectivity index (χ3v) is 14.0. The average Bonchev–Trinajstić information content (AvgIpc) is 3.89. The van der Waals surface area contributed by atoms with E-state index in [2.05, 4.69) is 35.8 Å². The fourth-order valence-corrected chi connectivity index (χ4v) is 10.4. The molecule has 0 saturated carbocycles. The number of carbonyl (C=O) groups excluding carboxylic acids is 5. The van der Waals surface area contributed by atoms with E-state index in [4.69, 9.17) is 18.2 Å². The Morgan fingerprint density at radius 3 is 2.25 bits per heavy atom. The number of hydrogen-bond acceptors (Lipinski definition) is 10. The van der Waals surface area contributed by atoms with Gasteiger partial charge in [-0.1, -0.05) is 17.7 Å². The number of halogens is 1. The molecule has 0 bridgehead atoms. The number of hydrogen-bond donors (Lipinski definition) is 1. The van der Waals surface area contributed by atoms with Crippen molar-refractivity contribution in [1.82, 2.24) is 20.0 Å².